The first kappa shape index (κ1) is 15.9. The normalized spacial score (nSPS) is 10.6. The van der Waals surface area contributed by atoms with Gasteiger partial charge in [0, 0.05) is 25.1 Å². The summed E-state index contributed by atoms with van der Waals surface area (Å²) in [5, 5.41) is 7.09. The minimum absolute atomic E-state index is 0.131. The van der Waals surface area contributed by atoms with Crippen LogP contribution in [0.15, 0.2) is 35.3 Å². The zero-order valence-electron chi connectivity index (χ0n) is 11.5. The second-order valence-corrected chi connectivity index (χ2v) is 5.85. The van der Waals surface area contributed by atoms with E-state index in [1.54, 1.807) is 30.9 Å². The van der Waals surface area contributed by atoms with Gasteiger partial charge < -0.3 is 5.32 Å². The third kappa shape index (κ3) is 4.22. The SMILES string of the molecule is Cn1ncc(NCCSCc2ccccc2F)c(Cl)c1=O. The number of thioether (sulfide) groups is 1. The van der Waals surface area contributed by atoms with E-state index in [0.717, 1.165) is 5.75 Å². The molecule has 4 nitrogen and oxygen atoms in total. The van der Waals surface area contributed by atoms with E-state index in [-0.39, 0.29) is 16.4 Å². The van der Waals surface area contributed by atoms with Crippen molar-refractivity contribution < 1.29 is 4.39 Å². The maximum atomic E-state index is 13.4. The quantitative estimate of drug-likeness (QED) is 0.829. The minimum Gasteiger partial charge on any atom is -0.382 e. The number of aryl methyl sites for hydroxylation is 1. The number of rotatable bonds is 6. The van der Waals surface area contributed by atoms with Crippen LogP contribution in [0, 0.1) is 5.82 Å². The van der Waals surface area contributed by atoms with E-state index in [1.807, 2.05) is 6.07 Å². The number of hydrogen-bond acceptors (Lipinski definition) is 4. The van der Waals surface area contributed by atoms with Gasteiger partial charge in [-0.3, -0.25) is 4.79 Å². The Kier molecular flexibility index (Phi) is 5.64. The van der Waals surface area contributed by atoms with E-state index in [2.05, 4.69) is 10.4 Å². The maximum Gasteiger partial charge on any atom is 0.287 e. The Labute approximate surface area is 131 Å². The fourth-order valence-corrected chi connectivity index (χ4v) is 2.77. The Morgan fingerprint density at radius 3 is 2.95 bits per heavy atom. The van der Waals surface area contributed by atoms with Crippen molar-refractivity contribution in [1.82, 2.24) is 9.78 Å². The highest BCUT2D eigenvalue weighted by molar-refractivity contribution is 7.98. The molecule has 0 aliphatic heterocycles. The summed E-state index contributed by atoms with van der Waals surface area (Å²) in [6.45, 7) is 0.619. The largest absolute Gasteiger partial charge is 0.382 e. The average Bonchev–Trinajstić information content (AvgIpc) is 2.48. The van der Waals surface area contributed by atoms with Crippen LogP contribution in [0.2, 0.25) is 5.02 Å². The first-order valence-electron chi connectivity index (χ1n) is 6.36. The molecule has 0 aliphatic rings. The molecule has 0 aliphatic carbocycles. The van der Waals surface area contributed by atoms with E-state index in [4.69, 9.17) is 11.6 Å². The second kappa shape index (κ2) is 7.47. The van der Waals surface area contributed by atoms with Gasteiger partial charge in [0.05, 0.1) is 11.9 Å². The number of halogens is 2. The van der Waals surface area contributed by atoms with Crippen LogP contribution in [0.4, 0.5) is 10.1 Å². The van der Waals surface area contributed by atoms with Gasteiger partial charge >= 0.3 is 0 Å². The molecule has 0 spiro atoms. The Bertz CT molecular complexity index is 678. The summed E-state index contributed by atoms with van der Waals surface area (Å²) in [4.78, 5) is 11.6. The molecule has 7 heteroatoms. The summed E-state index contributed by atoms with van der Waals surface area (Å²) in [6, 6.07) is 6.73. The molecule has 0 atom stereocenters. The predicted octanol–water partition coefficient (Wildman–Crippen LogP) is 2.92. The molecule has 1 N–H and O–H groups in total. The van der Waals surface area contributed by atoms with E-state index in [1.165, 1.54) is 16.9 Å². The smallest absolute Gasteiger partial charge is 0.287 e. The standard InChI is InChI=1S/C14H15ClFN3OS/c1-19-14(20)13(15)12(8-18-19)17-6-7-21-9-10-4-2-3-5-11(10)16/h2-5,8,17H,6-7,9H2,1H3. The van der Waals surface area contributed by atoms with Crippen LogP contribution < -0.4 is 10.9 Å². The van der Waals surface area contributed by atoms with Gasteiger partial charge in [0.15, 0.2) is 0 Å². The molecular formula is C14H15ClFN3OS. The molecule has 1 aromatic heterocycles. The van der Waals surface area contributed by atoms with E-state index >= 15 is 0 Å². The molecule has 2 aromatic rings. The Hall–Kier alpha value is -1.53. The van der Waals surface area contributed by atoms with Crippen molar-refractivity contribution in [2.24, 2.45) is 7.05 Å². The molecule has 0 unspecified atom stereocenters. The molecule has 2 rings (SSSR count). The monoisotopic (exact) mass is 327 g/mol. The maximum absolute atomic E-state index is 13.4. The fourth-order valence-electron chi connectivity index (χ4n) is 1.69. The highest BCUT2D eigenvalue weighted by Gasteiger charge is 2.06. The van der Waals surface area contributed by atoms with Crippen LogP contribution in [0.1, 0.15) is 5.56 Å². The molecule has 0 fully saturated rings. The molecule has 1 aromatic carbocycles. The van der Waals surface area contributed by atoms with Crippen LogP contribution in [0.5, 0.6) is 0 Å². The van der Waals surface area contributed by atoms with Crippen molar-refractivity contribution in [2.75, 3.05) is 17.6 Å². The zero-order chi connectivity index (χ0) is 15.2. The summed E-state index contributed by atoms with van der Waals surface area (Å²) >= 11 is 7.54. The summed E-state index contributed by atoms with van der Waals surface area (Å²) in [5.74, 6) is 1.19. The van der Waals surface area contributed by atoms with Crippen LogP contribution >= 0.6 is 23.4 Å². The van der Waals surface area contributed by atoms with Crippen LogP contribution in [-0.2, 0) is 12.8 Å². The molecule has 0 saturated carbocycles. The molecule has 1 heterocycles. The third-order valence-electron chi connectivity index (χ3n) is 2.86. The van der Waals surface area contributed by atoms with Gasteiger partial charge in [-0.2, -0.15) is 16.9 Å². The topological polar surface area (TPSA) is 46.9 Å². The Balaban J connectivity index is 1.79. The number of aromatic nitrogens is 2. The van der Waals surface area contributed by atoms with E-state index in [0.29, 0.717) is 23.5 Å². The number of nitrogens with one attached hydrogen (secondary N) is 1. The molecule has 112 valence electrons. The van der Waals surface area contributed by atoms with Gasteiger partial charge in [-0.1, -0.05) is 29.8 Å². The molecule has 21 heavy (non-hydrogen) atoms. The van der Waals surface area contributed by atoms with Crippen molar-refractivity contribution in [3.05, 3.63) is 57.2 Å². The van der Waals surface area contributed by atoms with Gasteiger partial charge in [-0.25, -0.2) is 9.07 Å². The van der Waals surface area contributed by atoms with E-state index in [9.17, 15) is 9.18 Å². The van der Waals surface area contributed by atoms with Gasteiger partial charge in [0.2, 0.25) is 0 Å². The summed E-state index contributed by atoms with van der Waals surface area (Å²) in [7, 11) is 1.54. The minimum atomic E-state index is -0.333. The van der Waals surface area contributed by atoms with Crippen molar-refractivity contribution in [3.63, 3.8) is 0 Å². The second-order valence-electron chi connectivity index (χ2n) is 4.37. The van der Waals surface area contributed by atoms with Gasteiger partial charge in [-0.15, -0.1) is 0 Å². The van der Waals surface area contributed by atoms with Crippen LogP contribution in [-0.4, -0.2) is 22.1 Å². The van der Waals surface area contributed by atoms with Crippen molar-refractivity contribution >= 4 is 29.1 Å². The predicted molar refractivity (Wildman–Crippen MR) is 85.5 cm³/mol. The number of anilines is 1. The van der Waals surface area contributed by atoms with Crippen molar-refractivity contribution in [1.29, 1.82) is 0 Å². The molecule has 0 amide bonds. The number of hydrogen-bond donors (Lipinski definition) is 1. The van der Waals surface area contributed by atoms with Crippen molar-refractivity contribution in [2.45, 2.75) is 5.75 Å². The lowest BCUT2D eigenvalue weighted by Crippen LogP contribution is -2.21. The van der Waals surface area contributed by atoms with Crippen LogP contribution in [0.3, 0.4) is 0 Å². The Morgan fingerprint density at radius 1 is 1.43 bits per heavy atom. The van der Waals surface area contributed by atoms with Gasteiger partial charge in [0.25, 0.3) is 5.56 Å². The lowest BCUT2D eigenvalue weighted by molar-refractivity contribution is 0.617. The molecular weight excluding hydrogens is 313 g/mol. The van der Waals surface area contributed by atoms with E-state index < -0.39 is 0 Å². The average molecular weight is 328 g/mol. The highest BCUT2D eigenvalue weighted by atomic mass is 35.5. The lowest BCUT2D eigenvalue weighted by Gasteiger charge is -2.08. The lowest BCUT2D eigenvalue weighted by atomic mass is 10.2. The summed E-state index contributed by atoms with van der Waals surface area (Å²) < 4.78 is 14.6. The number of nitrogens with zero attached hydrogens (tertiary/aromatic N) is 2. The highest BCUT2D eigenvalue weighted by Crippen LogP contribution is 2.17. The Morgan fingerprint density at radius 2 is 2.19 bits per heavy atom. The number of benzene rings is 1. The molecule has 0 radical (unpaired) electrons. The molecule has 0 bridgehead atoms. The summed E-state index contributed by atoms with van der Waals surface area (Å²) in [5.41, 5.74) is 0.878. The zero-order valence-corrected chi connectivity index (χ0v) is 13.0. The fraction of sp³-hybridized carbons (Fsp3) is 0.286. The first-order chi connectivity index (χ1) is 10.1. The van der Waals surface area contributed by atoms with Gasteiger partial charge in [0.1, 0.15) is 10.8 Å². The van der Waals surface area contributed by atoms with Crippen LogP contribution in [0.25, 0.3) is 0 Å². The van der Waals surface area contributed by atoms with Gasteiger partial charge in [-0.05, 0) is 11.6 Å². The first-order valence-corrected chi connectivity index (χ1v) is 7.89. The summed E-state index contributed by atoms with van der Waals surface area (Å²) in [6.07, 6.45) is 1.52. The third-order valence-corrected chi connectivity index (χ3v) is 4.23. The molecule has 0 saturated heterocycles. The van der Waals surface area contributed by atoms with Crippen molar-refractivity contribution in [3.8, 4) is 0 Å².